The molecule has 7 heteroatoms. The van der Waals surface area contributed by atoms with Gasteiger partial charge in [-0.25, -0.2) is 4.99 Å². The number of guanidine groups is 1. The lowest BCUT2D eigenvalue weighted by Crippen LogP contribution is -2.47. The van der Waals surface area contributed by atoms with E-state index in [9.17, 15) is 4.79 Å². The molecule has 0 saturated carbocycles. The highest BCUT2D eigenvalue weighted by molar-refractivity contribution is 5.92. The molecule has 1 aromatic rings. The second-order valence-corrected chi connectivity index (χ2v) is 8.07. The van der Waals surface area contributed by atoms with Crippen molar-refractivity contribution in [2.75, 3.05) is 45.3 Å². The van der Waals surface area contributed by atoms with Crippen molar-refractivity contribution < 1.29 is 14.3 Å². The van der Waals surface area contributed by atoms with E-state index in [0.29, 0.717) is 12.6 Å². The first-order valence-electron chi connectivity index (χ1n) is 11.6. The van der Waals surface area contributed by atoms with Crippen molar-refractivity contribution in [3.05, 3.63) is 29.8 Å². The number of aliphatic imine (C=N–C) groups is 1. The molecule has 1 saturated heterocycles. The molecule has 1 aromatic carbocycles. The van der Waals surface area contributed by atoms with Crippen LogP contribution in [-0.4, -0.2) is 62.8 Å². The molecule has 0 radical (unpaired) electrons. The largest absolute Gasteiger partial charge is 0.385 e. The van der Waals surface area contributed by atoms with E-state index < -0.39 is 0 Å². The number of hydrogen-bond donors (Lipinski definition) is 2. The van der Waals surface area contributed by atoms with E-state index in [0.717, 1.165) is 75.7 Å². The Morgan fingerprint density at radius 1 is 1.26 bits per heavy atom. The average molecular weight is 433 g/mol. The lowest BCUT2D eigenvalue weighted by molar-refractivity contribution is -0.119. The third-order valence-corrected chi connectivity index (χ3v) is 5.59. The maximum atomic E-state index is 12.2. The first-order chi connectivity index (χ1) is 15.1. The molecule has 0 bridgehead atoms. The summed E-state index contributed by atoms with van der Waals surface area (Å²) >= 11 is 0. The van der Waals surface area contributed by atoms with Gasteiger partial charge in [0, 0.05) is 51.6 Å². The van der Waals surface area contributed by atoms with E-state index in [1.165, 1.54) is 0 Å². The molecule has 0 aromatic heterocycles. The van der Waals surface area contributed by atoms with Crippen molar-refractivity contribution in [2.45, 2.75) is 59.1 Å². The lowest BCUT2D eigenvalue weighted by Gasteiger charge is -2.34. The topological polar surface area (TPSA) is 75.2 Å². The second-order valence-electron chi connectivity index (χ2n) is 8.07. The van der Waals surface area contributed by atoms with Crippen LogP contribution in [0.25, 0.3) is 0 Å². The van der Waals surface area contributed by atoms with Crippen molar-refractivity contribution in [1.29, 1.82) is 0 Å². The highest BCUT2D eigenvalue weighted by atomic mass is 16.5. The lowest BCUT2D eigenvalue weighted by atomic mass is 10.1. The molecular weight excluding hydrogens is 392 g/mol. The zero-order valence-electron chi connectivity index (χ0n) is 19.7. The number of nitrogens with one attached hydrogen (secondary N) is 2. The molecule has 1 unspecified atom stereocenters. The molecular formula is C24H40N4O3. The summed E-state index contributed by atoms with van der Waals surface area (Å²) in [5, 5.41) is 6.42. The Balaban J connectivity index is 1.90. The summed E-state index contributed by atoms with van der Waals surface area (Å²) in [6.45, 7) is 10.8. The third-order valence-electron chi connectivity index (χ3n) is 5.59. The molecule has 0 aliphatic carbocycles. The minimum absolute atomic E-state index is 0.00826. The van der Waals surface area contributed by atoms with E-state index in [-0.39, 0.29) is 11.8 Å². The van der Waals surface area contributed by atoms with E-state index in [1.54, 1.807) is 7.11 Å². The van der Waals surface area contributed by atoms with E-state index >= 15 is 0 Å². The number of rotatable bonds is 11. The molecule has 7 nitrogen and oxygen atoms in total. The van der Waals surface area contributed by atoms with Gasteiger partial charge in [-0.1, -0.05) is 26.0 Å². The van der Waals surface area contributed by atoms with Crippen LogP contribution < -0.4 is 10.6 Å². The van der Waals surface area contributed by atoms with Gasteiger partial charge in [-0.2, -0.15) is 0 Å². The number of carbonyl (C=O) groups is 1. The number of methoxy groups -OCH3 is 1. The van der Waals surface area contributed by atoms with Crippen LogP contribution in [0.4, 0.5) is 5.69 Å². The van der Waals surface area contributed by atoms with Gasteiger partial charge in [-0.05, 0) is 50.3 Å². The minimum Gasteiger partial charge on any atom is -0.385 e. The average Bonchev–Trinajstić information content (AvgIpc) is 2.79. The van der Waals surface area contributed by atoms with Crippen LogP contribution in [0.5, 0.6) is 0 Å². The standard InChI is InChI=1S/C24H40N4O3/c1-5-19(3)23(29)27-21-10-7-9-20(17-21)18-26-24(25-6-2)28-13-11-22(12-14-28)31-16-8-15-30-4/h7,9-10,17,19,22H,5-6,8,11-16,18H2,1-4H3,(H,25,26)(H,27,29). The number of hydrogen-bond acceptors (Lipinski definition) is 4. The van der Waals surface area contributed by atoms with Crippen LogP contribution in [0.2, 0.25) is 0 Å². The number of nitrogens with zero attached hydrogens (tertiary/aromatic N) is 2. The van der Waals surface area contributed by atoms with E-state index in [1.807, 2.05) is 38.1 Å². The predicted octanol–water partition coefficient (Wildman–Crippen LogP) is 3.65. The molecule has 1 atom stereocenters. The summed E-state index contributed by atoms with van der Waals surface area (Å²) in [5.41, 5.74) is 1.91. The quantitative estimate of drug-likeness (QED) is 0.317. The van der Waals surface area contributed by atoms with Gasteiger partial charge in [0.25, 0.3) is 0 Å². The van der Waals surface area contributed by atoms with Crippen LogP contribution in [0.1, 0.15) is 52.0 Å². The SMILES string of the molecule is CCNC(=NCc1cccc(NC(=O)C(C)CC)c1)N1CCC(OCCCOC)CC1. The molecule has 31 heavy (non-hydrogen) atoms. The number of amides is 1. The van der Waals surface area contributed by atoms with Gasteiger partial charge in [0.1, 0.15) is 0 Å². The van der Waals surface area contributed by atoms with Crippen molar-refractivity contribution in [2.24, 2.45) is 10.9 Å². The Morgan fingerprint density at radius 3 is 2.71 bits per heavy atom. The third kappa shape index (κ3) is 8.87. The second kappa shape index (κ2) is 14.0. The minimum atomic E-state index is 0.00826. The first kappa shape index (κ1) is 25.1. The molecule has 2 rings (SSSR count). The van der Waals surface area contributed by atoms with E-state index in [4.69, 9.17) is 14.5 Å². The summed E-state index contributed by atoms with van der Waals surface area (Å²) in [6, 6.07) is 7.95. The highest BCUT2D eigenvalue weighted by Crippen LogP contribution is 2.16. The Kier molecular flexibility index (Phi) is 11.4. The molecule has 1 amide bonds. The van der Waals surface area contributed by atoms with Crippen molar-refractivity contribution >= 4 is 17.6 Å². The Labute approximate surface area is 187 Å². The summed E-state index contributed by atoms with van der Waals surface area (Å²) in [7, 11) is 1.72. The van der Waals surface area contributed by atoms with Crippen molar-refractivity contribution in [3.63, 3.8) is 0 Å². The van der Waals surface area contributed by atoms with Gasteiger partial charge in [0.2, 0.25) is 5.91 Å². The number of likely N-dealkylation sites (tertiary alicyclic amines) is 1. The van der Waals surface area contributed by atoms with Gasteiger partial charge in [-0.15, -0.1) is 0 Å². The van der Waals surface area contributed by atoms with Crippen LogP contribution in [-0.2, 0) is 20.8 Å². The van der Waals surface area contributed by atoms with Crippen LogP contribution in [0, 0.1) is 5.92 Å². The molecule has 1 aliphatic heterocycles. The smallest absolute Gasteiger partial charge is 0.227 e. The summed E-state index contributed by atoms with van der Waals surface area (Å²) in [4.78, 5) is 19.3. The number of piperidine rings is 1. The zero-order valence-corrected chi connectivity index (χ0v) is 19.7. The van der Waals surface area contributed by atoms with Crippen molar-refractivity contribution in [1.82, 2.24) is 10.2 Å². The van der Waals surface area contributed by atoms with Crippen LogP contribution in [0.3, 0.4) is 0 Å². The highest BCUT2D eigenvalue weighted by Gasteiger charge is 2.21. The Morgan fingerprint density at radius 2 is 2.03 bits per heavy atom. The molecule has 2 N–H and O–H groups in total. The number of benzene rings is 1. The molecule has 1 fully saturated rings. The van der Waals surface area contributed by atoms with Crippen molar-refractivity contribution in [3.8, 4) is 0 Å². The fraction of sp³-hybridized carbons (Fsp3) is 0.667. The number of carbonyl (C=O) groups excluding carboxylic acids is 1. The Bertz CT molecular complexity index is 687. The predicted molar refractivity (Wildman–Crippen MR) is 126 cm³/mol. The monoisotopic (exact) mass is 432 g/mol. The fourth-order valence-corrected chi connectivity index (χ4v) is 3.48. The maximum Gasteiger partial charge on any atom is 0.227 e. The van der Waals surface area contributed by atoms with Gasteiger partial charge < -0.3 is 25.0 Å². The van der Waals surface area contributed by atoms with Crippen LogP contribution in [0.15, 0.2) is 29.3 Å². The first-order valence-corrected chi connectivity index (χ1v) is 11.6. The summed E-state index contributed by atoms with van der Waals surface area (Å²) < 4.78 is 11.0. The van der Waals surface area contributed by atoms with E-state index in [2.05, 4.69) is 22.5 Å². The zero-order chi connectivity index (χ0) is 22.5. The molecule has 0 spiro atoms. The molecule has 1 aliphatic rings. The number of anilines is 1. The summed E-state index contributed by atoms with van der Waals surface area (Å²) in [5.74, 6) is 1.01. The number of ether oxygens (including phenoxy) is 2. The van der Waals surface area contributed by atoms with Gasteiger partial charge in [-0.3, -0.25) is 4.79 Å². The van der Waals surface area contributed by atoms with Gasteiger partial charge in [0.05, 0.1) is 12.6 Å². The van der Waals surface area contributed by atoms with Crippen LogP contribution >= 0.6 is 0 Å². The molecule has 1 heterocycles. The molecule has 174 valence electrons. The van der Waals surface area contributed by atoms with Gasteiger partial charge >= 0.3 is 0 Å². The normalized spacial score (nSPS) is 16.3. The fourth-order valence-electron chi connectivity index (χ4n) is 3.48. The summed E-state index contributed by atoms with van der Waals surface area (Å²) in [6.07, 6.45) is 4.11. The Hall–Kier alpha value is -2.12. The maximum absolute atomic E-state index is 12.2. The van der Waals surface area contributed by atoms with Gasteiger partial charge in [0.15, 0.2) is 5.96 Å².